The molecule has 0 unspecified atom stereocenters. The van der Waals surface area contributed by atoms with E-state index in [1.165, 1.54) is 12.1 Å². The molecule has 0 atom stereocenters. The molecule has 1 aliphatic heterocycles. The van der Waals surface area contributed by atoms with Crippen LogP contribution in [0.25, 0.3) is 0 Å². The van der Waals surface area contributed by atoms with Crippen LogP contribution in [0, 0.1) is 0 Å². The van der Waals surface area contributed by atoms with E-state index in [0.717, 1.165) is 11.3 Å². The number of ether oxygens (including phenoxy) is 4. The maximum atomic E-state index is 12.8. The van der Waals surface area contributed by atoms with Gasteiger partial charge in [-0.05, 0) is 36.4 Å². The third kappa shape index (κ3) is 3.67. The summed E-state index contributed by atoms with van der Waals surface area (Å²) in [5.74, 6) is 2.17. The molecule has 7 heteroatoms. The molecule has 0 saturated carbocycles. The molecular weight excluding hydrogens is 348 g/mol. The van der Waals surface area contributed by atoms with Crippen LogP contribution in [0.2, 0.25) is 0 Å². The van der Waals surface area contributed by atoms with Gasteiger partial charge in [0.1, 0.15) is 0 Å². The van der Waals surface area contributed by atoms with Crippen LogP contribution in [0.4, 0.5) is 0 Å². The van der Waals surface area contributed by atoms with Crippen LogP contribution in [0.3, 0.4) is 0 Å². The van der Waals surface area contributed by atoms with E-state index in [0.29, 0.717) is 41.5 Å². The quantitative estimate of drug-likeness (QED) is 0.782. The highest BCUT2D eigenvalue weighted by molar-refractivity contribution is 6.04. The van der Waals surface area contributed by atoms with Crippen LogP contribution < -0.4 is 18.9 Å². The summed E-state index contributed by atoms with van der Waals surface area (Å²) in [5.41, 5.74) is 2.21. The lowest BCUT2D eigenvalue weighted by molar-refractivity contribution is 0.0778. The Labute approximate surface area is 158 Å². The van der Waals surface area contributed by atoms with Gasteiger partial charge >= 0.3 is 0 Å². The van der Waals surface area contributed by atoms with Gasteiger partial charge in [-0.2, -0.15) is 5.10 Å². The minimum Gasteiger partial charge on any atom is -0.493 e. The normalized spacial score (nSPS) is 13.2. The van der Waals surface area contributed by atoms with Crippen molar-refractivity contribution in [2.24, 2.45) is 5.10 Å². The SMILES string of the molecule is COc1ccc(C(=O)N2CCC(c3ccc(OC)c(OC)c3)=N2)cc1OC. The van der Waals surface area contributed by atoms with Crippen LogP contribution in [-0.4, -0.2) is 51.6 Å². The highest BCUT2D eigenvalue weighted by atomic mass is 16.5. The van der Waals surface area contributed by atoms with E-state index in [2.05, 4.69) is 5.10 Å². The average Bonchev–Trinajstić information content (AvgIpc) is 3.22. The molecule has 0 saturated heterocycles. The molecule has 0 aromatic heterocycles. The fourth-order valence-corrected chi connectivity index (χ4v) is 2.94. The Balaban J connectivity index is 1.84. The second-order valence-corrected chi connectivity index (χ2v) is 5.86. The van der Waals surface area contributed by atoms with Gasteiger partial charge in [-0.1, -0.05) is 0 Å². The largest absolute Gasteiger partial charge is 0.493 e. The third-order valence-electron chi connectivity index (χ3n) is 4.38. The van der Waals surface area contributed by atoms with E-state index in [9.17, 15) is 4.79 Å². The fraction of sp³-hybridized carbons (Fsp3) is 0.300. The van der Waals surface area contributed by atoms with Gasteiger partial charge in [0.25, 0.3) is 5.91 Å². The molecule has 0 radical (unpaired) electrons. The predicted molar refractivity (Wildman–Crippen MR) is 101 cm³/mol. The van der Waals surface area contributed by atoms with E-state index in [1.54, 1.807) is 39.5 Å². The first kappa shape index (κ1) is 18.6. The molecule has 142 valence electrons. The molecule has 0 spiro atoms. The molecule has 27 heavy (non-hydrogen) atoms. The highest BCUT2D eigenvalue weighted by Crippen LogP contribution is 2.30. The van der Waals surface area contributed by atoms with Crippen molar-refractivity contribution in [1.82, 2.24) is 5.01 Å². The molecule has 3 rings (SSSR count). The fourth-order valence-electron chi connectivity index (χ4n) is 2.94. The van der Waals surface area contributed by atoms with Crippen LogP contribution in [0.5, 0.6) is 23.0 Å². The van der Waals surface area contributed by atoms with Gasteiger partial charge in [-0.15, -0.1) is 0 Å². The standard InChI is InChI=1S/C20H22N2O5/c1-24-16-7-5-13(11-18(16)26-3)15-9-10-22(21-15)20(23)14-6-8-17(25-2)19(12-14)27-4/h5-8,11-12H,9-10H2,1-4H3. The number of carbonyl (C=O) groups excluding carboxylic acids is 1. The molecule has 2 aromatic carbocycles. The number of benzene rings is 2. The molecule has 0 bridgehead atoms. The molecule has 0 fully saturated rings. The summed E-state index contributed by atoms with van der Waals surface area (Å²) in [6.45, 7) is 0.511. The number of carbonyl (C=O) groups is 1. The number of nitrogens with zero attached hydrogens (tertiary/aromatic N) is 2. The van der Waals surface area contributed by atoms with Crippen molar-refractivity contribution >= 4 is 11.6 Å². The van der Waals surface area contributed by atoms with Gasteiger partial charge < -0.3 is 18.9 Å². The lowest BCUT2D eigenvalue weighted by atomic mass is 10.1. The summed E-state index contributed by atoms with van der Waals surface area (Å²) in [7, 11) is 6.27. The molecular formula is C20H22N2O5. The topological polar surface area (TPSA) is 69.6 Å². The van der Waals surface area contributed by atoms with E-state index in [4.69, 9.17) is 18.9 Å². The highest BCUT2D eigenvalue weighted by Gasteiger charge is 2.24. The molecule has 7 nitrogen and oxygen atoms in total. The van der Waals surface area contributed by atoms with E-state index >= 15 is 0 Å². The zero-order valence-corrected chi connectivity index (χ0v) is 15.8. The van der Waals surface area contributed by atoms with Crippen molar-refractivity contribution in [2.45, 2.75) is 6.42 Å². The van der Waals surface area contributed by atoms with Crippen molar-refractivity contribution in [1.29, 1.82) is 0 Å². The third-order valence-corrected chi connectivity index (χ3v) is 4.38. The molecule has 1 aliphatic rings. The number of hydrogen-bond donors (Lipinski definition) is 0. The number of hydrogen-bond acceptors (Lipinski definition) is 6. The smallest absolute Gasteiger partial charge is 0.274 e. The lowest BCUT2D eigenvalue weighted by Crippen LogP contribution is -2.23. The Morgan fingerprint density at radius 1 is 0.852 bits per heavy atom. The Bertz CT molecular complexity index is 879. The average molecular weight is 370 g/mol. The van der Waals surface area contributed by atoms with Gasteiger partial charge in [0.2, 0.25) is 0 Å². The number of methoxy groups -OCH3 is 4. The summed E-state index contributed by atoms with van der Waals surface area (Å²) < 4.78 is 21.1. The van der Waals surface area contributed by atoms with Crippen molar-refractivity contribution in [3.05, 3.63) is 47.5 Å². The lowest BCUT2D eigenvalue weighted by Gasteiger charge is -2.13. The summed E-state index contributed by atoms with van der Waals surface area (Å²) in [4.78, 5) is 12.8. The number of amides is 1. The first-order valence-corrected chi connectivity index (χ1v) is 8.45. The summed E-state index contributed by atoms with van der Waals surface area (Å²) in [5, 5.41) is 5.96. The van der Waals surface area contributed by atoms with Gasteiger partial charge in [-0.3, -0.25) is 4.79 Å². The first-order valence-electron chi connectivity index (χ1n) is 8.45. The first-order chi connectivity index (χ1) is 13.1. The second-order valence-electron chi connectivity index (χ2n) is 5.86. The Kier molecular flexibility index (Phi) is 5.49. The number of rotatable bonds is 6. The van der Waals surface area contributed by atoms with Crippen molar-refractivity contribution in [3.63, 3.8) is 0 Å². The van der Waals surface area contributed by atoms with Gasteiger partial charge in [-0.25, -0.2) is 5.01 Å². The molecule has 1 amide bonds. The van der Waals surface area contributed by atoms with Crippen molar-refractivity contribution < 1.29 is 23.7 Å². The van der Waals surface area contributed by atoms with Crippen LogP contribution in [-0.2, 0) is 0 Å². The molecule has 2 aromatic rings. The van der Waals surface area contributed by atoms with Crippen LogP contribution in [0.1, 0.15) is 22.3 Å². The van der Waals surface area contributed by atoms with Crippen molar-refractivity contribution in [2.75, 3.05) is 35.0 Å². The number of hydrazone groups is 1. The zero-order valence-electron chi connectivity index (χ0n) is 15.8. The molecule has 0 N–H and O–H groups in total. The summed E-state index contributed by atoms with van der Waals surface area (Å²) >= 11 is 0. The van der Waals surface area contributed by atoms with Crippen molar-refractivity contribution in [3.8, 4) is 23.0 Å². The minimum absolute atomic E-state index is 0.188. The minimum atomic E-state index is -0.188. The summed E-state index contributed by atoms with van der Waals surface area (Å²) in [6.07, 6.45) is 0.661. The molecule has 0 aliphatic carbocycles. The van der Waals surface area contributed by atoms with E-state index in [-0.39, 0.29) is 5.91 Å². The Hall–Kier alpha value is -3.22. The second kappa shape index (κ2) is 7.99. The molecule has 1 heterocycles. The van der Waals surface area contributed by atoms with Gasteiger partial charge in [0.15, 0.2) is 23.0 Å². The maximum absolute atomic E-state index is 12.8. The van der Waals surface area contributed by atoms with E-state index in [1.807, 2.05) is 18.2 Å². The van der Waals surface area contributed by atoms with Gasteiger partial charge in [0.05, 0.1) is 40.7 Å². The maximum Gasteiger partial charge on any atom is 0.274 e. The predicted octanol–water partition coefficient (Wildman–Crippen LogP) is 2.97. The Morgan fingerprint density at radius 2 is 1.44 bits per heavy atom. The zero-order chi connectivity index (χ0) is 19.4. The van der Waals surface area contributed by atoms with Crippen LogP contribution in [0.15, 0.2) is 41.5 Å². The van der Waals surface area contributed by atoms with Gasteiger partial charge in [0, 0.05) is 17.5 Å². The van der Waals surface area contributed by atoms with Crippen LogP contribution >= 0.6 is 0 Å². The van der Waals surface area contributed by atoms with E-state index < -0.39 is 0 Å². The summed E-state index contributed by atoms with van der Waals surface area (Å²) in [6, 6.07) is 10.7. The Morgan fingerprint density at radius 3 is 2.07 bits per heavy atom. The monoisotopic (exact) mass is 370 g/mol.